The average molecular weight is 420 g/mol. The third kappa shape index (κ3) is 3.12. The van der Waals surface area contributed by atoms with Crippen molar-refractivity contribution >= 4 is 28.3 Å². The zero-order valence-corrected chi connectivity index (χ0v) is 16.8. The highest BCUT2D eigenvalue weighted by atomic mass is 35.5. The van der Waals surface area contributed by atoms with Crippen LogP contribution in [-0.2, 0) is 5.92 Å². The minimum absolute atomic E-state index is 0.270. The monoisotopic (exact) mass is 419 g/mol. The van der Waals surface area contributed by atoms with Gasteiger partial charge in [-0.3, -0.25) is 0 Å². The number of hydrogen-bond acceptors (Lipinski definition) is 6. The maximum absolute atomic E-state index is 13.7. The lowest BCUT2D eigenvalue weighted by atomic mass is 10.1. The highest BCUT2D eigenvalue weighted by Gasteiger charge is 2.41. The highest BCUT2D eigenvalue weighted by Crippen LogP contribution is 2.36. The molecule has 3 aromatic rings. The number of nitrogens with zero attached hydrogens (tertiary/aromatic N) is 7. The number of likely N-dealkylation sites (N-methyl/N-ethyl adjacent to an activating group) is 1. The van der Waals surface area contributed by atoms with Crippen LogP contribution in [0.25, 0.3) is 16.7 Å². The summed E-state index contributed by atoms with van der Waals surface area (Å²) >= 11 is 6.12. The van der Waals surface area contributed by atoms with Crippen molar-refractivity contribution in [3.05, 3.63) is 35.5 Å². The van der Waals surface area contributed by atoms with E-state index in [1.165, 1.54) is 12.6 Å². The number of pyridine rings is 1. The first kappa shape index (κ1) is 18.6. The second-order valence-corrected chi connectivity index (χ2v) is 8.28. The predicted molar refractivity (Wildman–Crippen MR) is 106 cm³/mol. The summed E-state index contributed by atoms with van der Waals surface area (Å²) in [5, 5.41) is 5.87. The lowest BCUT2D eigenvalue weighted by molar-refractivity contribution is 0.00763. The van der Waals surface area contributed by atoms with Crippen molar-refractivity contribution in [2.75, 3.05) is 31.6 Å². The fourth-order valence-corrected chi connectivity index (χ4v) is 4.55. The zero-order chi connectivity index (χ0) is 20.3. The summed E-state index contributed by atoms with van der Waals surface area (Å²) in [7, 11) is 2.15. The molecule has 152 valence electrons. The summed E-state index contributed by atoms with van der Waals surface area (Å²) < 4.78 is 29.0. The Balaban J connectivity index is 1.62. The minimum atomic E-state index is -3.14. The molecule has 10 heteroatoms. The first-order chi connectivity index (χ1) is 13.8. The van der Waals surface area contributed by atoms with E-state index in [4.69, 9.17) is 16.7 Å². The van der Waals surface area contributed by atoms with Crippen LogP contribution in [0.3, 0.4) is 0 Å². The van der Waals surface area contributed by atoms with Crippen LogP contribution in [0, 0.1) is 5.92 Å². The average Bonchev–Trinajstić information content (AvgIpc) is 3.35. The summed E-state index contributed by atoms with van der Waals surface area (Å²) in [5.74, 6) is -2.04. The molecule has 5 heterocycles. The zero-order valence-electron chi connectivity index (χ0n) is 16.1. The third-order valence-electron chi connectivity index (χ3n) is 5.89. The van der Waals surface area contributed by atoms with Gasteiger partial charge in [-0.2, -0.15) is 8.78 Å². The summed E-state index contributed by atoms with van der Waals surface area (Å²) in [6.45, 7) is 3.67. The number of alkyl halides is 2. The van der Waals surface area contributed by atoms with Gasteiger partial charge in [0.1, 0.15) is 5.15 Å². The Hall–Kier alpha value is -2.39. The number of fused-ring (bicyclic) bond motifs is 2. The molecule has 0 spiro atoms. The Morgan fingerprint density at radius 3 is 2.83 bits per heavy atom. The van der Waals surface area contributed by atoms with Crippen LogP contribution >= 0.6 is 11.6 Å². The number of likely N-dealkylation sites (tertiary alicyclic amines) is 1. The van der Waals surface area contributed by atoms with Crippen LogP contribution in [0.15, 0.2) is 24.5 Å². The number of anilines is 1. The predicted octanol–water partition coefficient (Wildman–Crippen LogP) is 3.12. The van der Waals surface area contributed by atoms with Crippen molar-refractivity contribution in [2.24, 2.45) is 5.92 Å². The van der Waals surface area contributed by atoms with Crippen LogP contribution in [-0.4, -0.2) is 62.4 Å². The van der Waals surface area contributed by atoms with Gasteiger partial charge in [0, 0.05) is 50.6 Å². The molecule has 3 aromatic heterocycles. The fraction of sp³-hybridized carbons (Fsp3) is 0.474. The molecule has 29 heavy (non-hydrogen) atoms. The van der Waals surface area contributed by atoms with E-state index in [0.717, 1.165) is 37.8 Å². The van der Waals surface area contributed by atoms with E-state index in [1.54, 1.807) is 23.0 Å². The van der Waals surface area contributed by atoms with Crippen LogP contribution < -0.4 is 4.90 Å². The summed E-state index contributed by atoms with van der Waals surface area (Å²) in [6.07, 6.45) is 4.17. The molecule has 2 saturated heterocycles. The molecule has 2 atom stereocenters. The molecular formula is C19H20ClF2N7. The largest absolute Gasteiger partial charge is 0.353 e. The maximum Gasteiger partial charge on any atom is 0.303 e. The SMILES string of the molecule is CN1CCC2CN(c3nn(-c4ccnc(C(C)(F)F)n4)c4cc(Cl)ncc34)CC21. The van der Waals surface area contributed by atoms with E-state index in [1.807, 2.05) is 0 Å². The second kappa shape index (κ2) is 6.56. The number of halogens is 3. The molecule has 0 aliphatic carbocycles. The van der Waals surface area contributed by atoms with Gasteiger partial charge in [-0.15, -0.1) is 5.10 Å². The van der Waals surface area contributed by atoms with Gasteiger partial charge in [0.15, 0.2) is 11.6 Å². The van der Waals surface area contributed by atoms with E-state index in [2.05, 4.69) is 31.8 Å². The topological polar surface area (TPSA) is 63.0 Å². The molecule has 0 N–H and O–H groups in total. The molecule has 0 bridgehead atoms. The summed E-state index contributed by atoms with van der Waals surface area (Å²) in [5.41, 5.74) is 0.675. The molecular weight excluding hydrogens is 400 g/mol. The Bertz CT molecular complexity index is 1080. The summed E-state index contributed by atoms with van der Waals surface area (Å²) in [6, 6.07) is 3.74. The molecule has 0 radical (unpaired) electrons. The van der Waals surface area contributed by atoms with E-state index < -0.39 is 11.7 Å². The standard InChI is InChI=1S/C19H20ClF2N7/c1-19(21,22)18-23-5-3-16(25-18)29-13-7-15(20)24-8-12(13)17(26-29)28-9-11-4-6-27(2)14(11)10-28/h3,5,7-8,11,14H,4,6,9-10H2,1-2H3. The highest BCUT2D eigenvalue weighted by molar-refractivity contribution is 6.30. The molecule has 2 unspecified atom stereocenters. The van der Waals surface area contributed by atoms with E-state index in [-0.39, 0.29) is 5.82 Å². The normalized spacial score (nSPS) is 22.6. The molecule has 0 aromatic carbocycles. The molecule has 0 saturated carbocycles. The molecule has 2 aliphatic heterocycles. The van der Waals surface area contributed by atoms with E-state index >= 15 is 0 Å². The van der Waals surface area contributed by atoms with Crippen LogP contribution in [0.1, 0.15) is 19.2 Å². The lowest BCUT2D eigenvalue weighted by Gasteiger charge is -2.20. The van der Waals surface area contributed by atoms with Gasteiger partial charge in [-0.1, -0.05) is 11.6 Å². The van der Waals surface area contributed by atoms with Gasteiger partial charge < -0.3 is 9.80 Å². The van der Waals surface area contributed by atoms with Crippen LogP contribution in [0.4, 0.5) is 14.6 Å². The van der Waals surface area contributed by atoms with Crippen molar-refractivity contribution in [2.45, 2.75) is 25.3 Å². The first-order valence-electron chi connectivity index (χ1n) is 9.52. The molecule has 7 nitrogen and oxygen atoms in total. The third-order valence-corrected chi connectivity index (χ3v) is 6.09. The molecule has 0 amide bonds. The van der Waals surface area contributed by atoms with Gasteiger partial charge in [0.25, 0.3) is 0 Å². The molecule has 2 aliphatic rings. The van der Waals surface area contributed by atoms with Crippen LogP contribution in [0.5, 0.6) is 0 Å². The minimum Gasteiger partial charge on any atom is -0.353 e. The molecule has 2 fully saturated rings. The van der Waals surface area contributed by atoms with Gasteiger partial charge in [0.05, 0.1) is 10.9 Å². The van der Waals surface area contributed by atoms with Crippen molar-refractivity contribution in [1.29, 1.82) is 0 Å². The lowest BCUT2D eigenvalue weighted by Crippen LogP contribution is -2.32. The number of rotatable bonds is 3. The number of hydrogen-bond donors (Lipinski definition) is 0. The van der Waals surface area contributed by atoms with Gasteiger partial charge in [0.2, 0.25) is 5.82 Å². The van der Waals surface area contributed by atoms with Crippen LogP contribution in [0.2, 0.25) is 5.15 Å². The Morgan fingerprint density at radius 2 is 2.07 bits per heavy atom. The Kier molecular flexibility index (Phi) is 4.22. The first-order valence-corrected chi connectivity index (χ1v) is 9.90. The number of aromatic nitrogens is 5. The van der Waals surface area contributed by atoms with E-state index in [0.29, 0.717) is 22.6 Å². The Labute approximate surface area is 171 Å². The Morgan fingerprint density at radius 1 is 1.24 bits per heavy atom. The van der Waals surface area contributed by atoms with E-state index in [9.17, 15) is 8.78 Å². The van der Waals surface area contributed by atoms with Gasteiger partial charge in [-0.25, -0.2) is 19.6 Å². The quantitative estimate of drug-likeness (QED) is 0.608. The van der Waals surface area contributed by atoms with Crippen molar-refractivity contribution in [3.63, 3.8) is 0 Å². The smallest absolute Gasteiger partial charge is 0.303 e. The van der Waals surface area contributed by atoms with Crippen molar-refractivity contribution in [3.8, 4) is 5.82 Å². The maximum atomic E-state index is 13.7. The van der Waals surface area contributed by atoms with Gasteiger partial charge >= 0.3 is 5.92 Å². The van der Waals surface area contributed by atoms with Gasteiger partial charge in [-0.05, 0) is 25.9 Å². The second-order valence-electron chi connectivity index (χ2n) is 7.89. The van der Waals surface area contributed by atoms with Crippen molar-refractivity contribution in [1.82, 2.24) is 29.6 Å². The summed E-state index contributed by atoms with van der Waals surface area (Å²) in [4.78, 5) is 16.6. The molecule has 5 rings (SSSR count). The van der Waals surface area contributed by atoms with Crippen molar-refractivity contribution < 1.29 is 8.78 Å². The fourth-order valence-electron chi connectivity index (χ4n) is 4.40.